The van der Waals surface area contributed by atoms with Gasteiger partial charge >= 0.3 is 0 Å². The number of halogens is 1. The molecule has 2 aromatic carbocycles. The summed E-state index contributed by atoms with van der Waals surface area (Å²) in [5, 5.41) is 2.79. The summed E-state index contributed by atoms with van der Waals surface area (Å²) in [6.07, 6.45) is 3.37. The third-order valence-corrected chi connectivity index (χ3v) is 5.61. The molecule has 0 radical (unpaired) electrons. The highest BCUT2D eigenvalue weighted by molar-refractivity contribution is 8.15. The molecular weight excluding hydrogens is 351 g/mol. The number of thioether (sulfide) groups is 1. The quantitative estimate of drug-likeness (QED) is 0.743. The molecule has 0 saturated carbocycles. The molecule has 0 spiro atoms. The number of fused-ring (bicyclic) bond motifs is 1. The minimum absolute atomic E-state index is 0.215. The van der Waals surface area contributed by atoms with Crippen LogP contribution in [0.2, 0.25) is 0 Å². The molecule has 2 amide bonds. The molecule has 3 aromatic rings. The van der Waals surface area contributed by atoms with Crippen LogP contribution in [0.1, 0.15) is 11.1 Å². The highest BCUT2D eigenvalue weighted by Gasteiger charge is 2.31. The van der Waals surface area contributed by atoms with Crippen LogP contribution in [0.15, 0.2) is 54.7 Å². The van der Waals surface area contributed by atoms with Crippen LogP contribution in [0.5, 0.6) is 0 Å². The summed E-state index contributed by atoms with van der Waals surface area (Å²) in [5.41, 5.74) is 3.24. The molecule has 2 heterocycles. The molecule has 1 saturated heterocycles. The van der Waals surface area contributed by atoms with E-state index in [2.05, 4.69) is 22.0 Å². The first-order valence-electron chi connectivity index (χ1n) is 8.43. The molecule has 6 heteroatoms. The first kappa shape index (κ1) is 16.8. The van der Waals surface area contributed by atoms with Crippen LogP contribution in [0, 0.1) is 5.82 Å². The van der Waals surface area contributed by atoms with Crippen molar-refractivity contribution in [2.45, 2.75) is 24.6 Å². The van der Waals surface area contributed by atoms with Gasteiger partial charge in [-0.1, -0.05) is 36.0 Å². The SMILES string of the molecule is O=C1NC(=O)C(Cc2cccc3c2ccn3CCc2ccc(F)cc2)S1. The van der Waals surface area contributed by atoms with E-state index >= 15 is 0 Å². The van der Waals surface area contributed by atoms with Crippen molar-refractivity contribution < 1.29 is 14.0 Å². The van der Waals surface area contributed by atoms with Crippen LogP contribution < -0.4 is 5.32 Å². The molecule has 132 valence electrons. The molecule has 1 aliphatic rings. The number of hydrogen-bond acceptors (Lipinski definition) is 3. The van der Waals surface area contributed by atoms with Crippen molar-refractivity contribution in [1.29, 1.82) is 0 Å². The van der Waals surface area contributed by atoms with Crippen molar-refractivity contribution >= 4 is 33.8 Å². The Morgan fingerprint density at radius 3 is 2.62 bits per heavy atom. The van der Waals surface area contributed by atoms with Crippen molar-refractivity contribution in [3.8, 4) is 0 Å². The van der Waals surface area contributed by atoms with E-state index in [1.165, 1.54) is 12.1 Å². The molecule has 0 aliphatic carbocycles. The molecule has 4 rings (SSSR count). The molecule has 1 fully saturated rings. The van der Waals surface area contributed by atoms with E-state index in [-0.39, 0.29) is 22.2 Å². The molecule has 26 heavy (non-hydrogen) atoms. The number of carbonyl (C=O) groups is 2. The second-order valence-corrected chi connectivity index (χ2v) is 7.50. The summed E-state index contributed by atoms with van der Waals surface area (Å²) in [5.74, 6) is -0.440. The number of carbonyl (C=O) groups excluding carboxylic acids is 2. The maximum absolute atomic E-state index is 13.0. The Kier molecular flexibility index (Phi) is 4.51. The Morgan fingerprint density at radius 2 is 1.88 bits per heavy atom. The first-order chi connectivity index (χ1) is 12.6. The molecule has 1 aromatic heterocycles. The smallest absolute Gasteiger partial charge is 0.286 e. The predicted octanol–water partition coefficient (Wildman–Crippen LogP) is 3.92. The van der Waals surface area contributed by atoms with Gasteiger partial charge in [-0.05, 0) is 48.2 Å². The van der Waals surface area contributed by atoms with Crippen molar-refractivity contribution in [2.75, 3.05) is 0 Å². The van der Waals surface area contributed by atoms with E-state index in [1.807, 2.05) is 18.3 Å². The summed E-state index contributed by atoms with van der Waals surface area (Å²) in [7, 11) is 0. The first-order valence-corrected chi connectivity index (χ1v) is 9.31. The van der Waals surface area contributed by atoms with Gasteiger partial charge < -0.3 is 4.57 Å². The highest BCUT2D eigenvalue weighted by atomic mass is 32.2. The predicted molar refractivity (Wildman–Crippen MR) is 101 cm³/mol. The molecule has 1 atom stereocenters. The number of rotatable bonds is 5. The maximum atomic E-state index is 13.0. The van der Waals surface area contributed by atoms with Crippen LogP contribution in [0.3, 0.4) is 0 Å². The summed E-state index contributed by atoms with van der Waals surface area (Å²) < 4.78 is 15.2. The number of nitrogens with zero attached hydrogens (tertiary/aromatic N) is 1. The lowest BCUT2D eigenvalue weighted by Gasteiger charge is -2.09. The van der Waals surface area contributed by atoms with Gasteiger partial charge in [0.15, 0.2) is 0 Å². The average Bonchev–Trinajstić information content (AvgIpc) is 3.18. The Labute approximate surface area is 154 Å². The second kappa shape index (κ2) is 6.96. The second-order valence-electron chi connectivity index (χ2n) is 6.32. The van der Waals surface area contributed by atoms with E-state index in [4.69, 9.17) is 0 Å². The fraction of sp³-hybridized carbons (Fsp3) is 0.200. The van der Waals surface area contributed by atoms with Crippen molar-refractivity contribution in [1.82, 2.24) is 9.88 Å². The van der Waals surface area contributed by atoms with Crippen LogP contribution in [-0.4, -0.2) is 21.0 Å². The van der Waals surface area contributed by atoms with Crippen LogP contribution in [0.25, 0.3) is 10.9 Å². The summed E-state index contributed by atoms with van der Waals surface area (Å²) in [6.45, 7) is 0.787. The van der Waals surface area contributed by atoms with Crippen LogP contribution in [0.4, 0.5) is 9.18 Å². The van der Waals surface area contributed by atoms with Gasteiger partial charge in [0, 0.05) is 23.6 Å². The molecular formula is C20H17FN2O2S. The van der Waals surface area contributed by atoms with E-state index < -0.39 is 0 Å². The van der Waals surface area contributed by atoms with Crippen LogP contribution >= 0.6 is 11.8 Å². The third kappa shape index (κ3) is 3.37. The maximum Gasteiger partial charge on any atom is 0.286 e. The van der Waals surface area contributed by atoms with E-state index in [9.17, 15) is 14.0 Å². The molecule has 0 bridgehead atoms. The van der Waals surface area contributed by atoms with Crippen molar-refractivity contribution in [3.05, 3.63) is 71.7 Å². The van der Waals surface area contributed by atoms with Gasteiger partial charge in [-0.15, -0.1) is 0 Å². The largest absolute Gasteiger partial charge is 0.347 e. The Hall–Kier alpha value is -2.60. The molecule has 1 unspecified atom stereocenters. The van der Waals surface area contributed by atoms with Gasteiger partial charge in [-0.25, -0.2) is 4.39 Å². The lowest BCUT2D eigenvalue weighted by Crippen LogP contribution is -2.25. The van der Waals surface area contributed by atoms with Gasteiger partial charge in [0.25, 0.3) is 5.24 Å². The highest BCUT2D eigenvalue weighted by Crippen LogP contribution is 2.27. The fourth-order valence-electron chi connectivity index (χ4n) is 3.29. The number of amides is 2. The Bertz CT molecular complexity index is 981. The fourth-order valence-corrected chi connectivity index (χ4v) is 4.13. The minimum atomic E-state index is -0.365. The monoisotopic (exact) mass is 368 g/mol. The standard InChI is InChI=1S/C20H17FN2O2S/c21-15-6-4-13(5-7-15)8-10-23-11-9-16-14(2-1-3-17(16)23)12-18-19(24)22-20(25)26-18/h1-7,9,11,18H,8,10,12H2,(H,22,24,25). The lowest BCUT2D eigenvalue weighted by molar-refractivity contribution is -0.118. The lowest BCUT2D eigenvalue weighted by atomic mass is 10.0. The van der Waals surface area contributed by atoms with E-state index in [1.54, 1.807) is 12.1 Å². The zero-order valence-corrected chi connectivity index (χ0v) is 14.8. The van der Waals surface area contributed by atoms with Gasteiger partial charge in [-0.3, -0.25) is 14.9 Å². The number of imide groups is 1. The minimum Gasteiger partial charge on any atom is -0.347 e. The number of hydrogen-bond donors (Lipinski definition) is 1. The molecule has 1 N–H and O–H groups in total. The van der Waals surface area contributed by atoms with Crippen LogP contribution in [-0.2, 0) is 24.2 Å². The van der Waals surface area contributed by atoms with Crippen molar-refractivity contribution in [3.63, 3.8) is 0 Å². The van der Waals surface area contributed by atoms with Crippen molar-refractivity contribution in [2.24, 2.45) is 0 Å². The Balaban J connectivity index is 1.54. The number of benzene rings is 2. The third-order valence-electron chi connectivity index (χ3n) is 4.63. The van der Waals surface area contributed by atoms with Gasteiger partial charge in [0.1, 0.15) is 5.82 Å². The van der Waals surface area contributed by atoms with E-state index in [0.717, 1.165) is 46.8 Å². The number of aryl methyl sites for hydroxylation is 2. The Morgan fingerprint density at radius 1 is 1.08 bits per heavy atom. The van der Waals surface area contributed by atoms with E-state index in [0.29, 0.717) is 6.42 Å². The zero-order chi connectivity index (χ0) is 18.1. The van der Waals surface area contributed by atoms with Gasteiger partial charge in [-0.2, -0.15) is 0 Å². The topological polar surface area (TPSA) is 51.1 Å². The molecule has 4 nitrogen and oxygen atoms in total. The summed E-state index contributed by atoms with van der Waals surface area (Å²) in [6, 6.07) is 14.7. The van der Waals surface area contributed by atoms with Gasteiger partial charge in [0.2, 0.25) is 5.91 Å². The summed E-state index contributed by atoms with van der Waals surface area (Å²) >= 11 is 1.06. The summed E-state index contributed by atoms with van der Waals surface area (Å²) in [4.78, 5) is 23.2. The number of nitrogens with one attached hydrogen (secondary N) is 1. The normalized spacial score (nSPS) is 17.0. The zero-order valence-electron chi connectivity index (χ0n) is 13.9. The average molecular weight is 368 g/mol. The number of aromatic nitrogens is 1. The van der Waals surface area contributed by atoms with Gasteiger partial charge in [0.05, 0.1) is 5.25 Å². The molecule has 1 aliphatic heterocycles.